The molecule has 0 aliphatic carbocycles. The Bertz CT molecular complexity index is 716. The molecule has 0 saturated heterocycles. The lowest BCUT2D eigenvalue weighted by Gasteiger charge is -2.10. The zero-order chi connectivity index (χ0) is 16.1. The molecule has 0 aliphatic heterocycles. The van der Waals surface area contributed by atoms with Gasteiger partial charge in [-0.2, -0.15) is 0 Å². The second kappa shape index (κ2) is 6.66. The summed E-state index contributed by atoms with van der Waals surface area (Å²) in [5.41, 5.74) is 1.26. The molecule has 1 aromatic heterocycles. The maximum Gasteiger partial charge on any atom is 0.273 e. The first-order valence-corrected chi connectivity index (χ1v) is 6.54. The number of nitrogens with one attached hydrogen (secondary N) is 1. The van der Waals surface area contributed by atoms with Crippen LogP contribution in [0, 0.1) is 17.0 Å². The fourth-order valence-corrected chi connectivity index (χ4v) is 2.08. The number of nitro benzene ring substituents is 1. The lowest BCUT2D eigenvalue weighted by atomic mass is 10.1. The molecule has 0 fully saturated rings. The van der Waals surface area contributed by atoms with Crippen molar-refractivity contribution in [3.63, 3.8) is 0 Å². The molecule has 2 aromatic rings. The minimum Gasteiger partial charge on any atom is -0.481 e. The number of amides is 1. The first-order chi connectivity index (χ1) is 10.5. The highest BCUT2D eigenvalue weighted by Gasteiger charge is 2.18. The van der Waals surface area contributed by atoms with Crippen LogP contribution in [-0.4, -0.2) is 22.9 Å². The van der Waals surface area contributed by atoms with Crippen LogP contribution < -0.4 is 10.1 Å². The quantitative estimate of drug-likeness (QED) is 0.675. The maximum absolute atomic E-state index is 12.2. The van der Waals surface area contributed by atoms with Crippen molar-refractivity contribution >= 4 is 11.6 Å². The first-order valence-electron chi connectivity index (χ1n) is 6.54. The molecule has 2 rings (SSSR count). The van der Waals surface area contributed by atoms with Gasteiger partial charge in [0.25, 0.3) is 11.6 Å². The maximum atomic E-state index is 12.2. The number of benzene rings is 1. The van der Waals surface area contributed by atoms with E-state index in [1.54, 1.807) is 31.3 Å². The van der Waals surface area contributed by atoms with E-state index >= 15 is 0 Å². The van der Waals surface area contributed by atoms with Crippen molar-refractivity contribution in [3.05, 3.63) is 63.3 Å². The average Bonchev–Trinajstić information content (AvgIpc) is 2.52. The number of hydrogen-bond donors (Lipinski definition) is 1. The number of pyridine rings is 1. The van der Waals surface area contributed by atoms with Crippen LogP contribution in [0.2, 0.25) is 0 Å². The molecule has 0 spiro atoms. The Morgan fingerprint density at radius 3 is 2.82 bits per heavy atom. The normalized spacial score (nSPS) is 10.1. The highest BCUT2D eigenvalue weighted by Crippen LogP contribution is 2.21. The fraction of sp³-hybridized carbons (Fsp3) is 0.200. The van der Waals surface area contributed by atoms with Crippen molar-refractivity contribution in [3.8, 4) is 5.88 Å². The summed E-state index contributed by atoms with van der Waals surface area (Å²) in [6, 6.07) is 7.94. The smallest absolute Gasteiger partial charge is 0.273 e. The third-order valence-electron chi connectivity index (χ3n) is 3.23. The predicted molar refractivity (Wildman–Crippen MR) is 79.8 cm³/mol. The van der Waals surface area contributed by atoms with E-state index in [-0.39, 0.29) is 23.7 Å². The lowest BCUT2D eigenvalue weighted by molar-refractivity contribution is -0.385. The van der Waals surface area contributed by atoms with E-state index in [0.29, 0.717) is 11.4 Å². The van der Waals surface area contributed by atoms with Crippen molar-refractivity contribution in [2.75, 3.05) is 7.11 Å². The summed E-state index contributed by atoms with van der Waals surface area (Å²) in [5.74, 6) is 0.0469. The summed E-state index contributed by atoms with van der Waals surface area (Å²) in [6.07, 6.45) is 1.59. The van der Waals surface area contributed by atoms with Crippen molar-refractivity contribution < 1.29 is 14.5 Å². The zero-order valence-corrected chi connectivity index (χ0v) is 12.2. The van der Waals surface area contributed by atoms with E-state index < -0.39 is 4.92 Å². The van der Waals surface area contributed by atoms with Gasteiger partial charge in [0, 0.05) is 35.5 Å². The molecular formula is C15H15N3O4. The molecule has 0 atom stereocenters. The Balaban J connectivity index is 2.16. The number of carbonyl (C=O) groups is 1. The minimum absolute atomic E-state index is 0.0772. The van der Waals surface area contributed by atoms with Crippen LogP contribution in [-0.2, 0) is 6.54 Å². The number of carbonyl (C=O) groups excluding carboxylic acids is 1. The SMILES string of the molecule is COc1ncccc1CNC(=O)c1cccc([N+](=O)[O-])c1C. The third kappa shape index (κ3) is 3.20. The summed E-state index contributed by atoms with van der Waals surface area (Å²) in [7, 11) is 1.50. The molecule has 7 nitrogen and oxygen atoms in total. The molecule has 1 heterocycles. The van der Waals surface area contributed by atoms with E-state index in [1.165, 1.54) is 19.2 Å². The summed E-state index contributed by atoms with van der Waals surface area (Å²) in [6.45, 7) is 1.77. The van der Waals surface area contributed by atoms with Crippen LogP contribution in [0.5, 0.6) is 5.88 Å². The van der Waals surface area contributed by atoms with Gasteiger partial charge < -0.3 is 10.1 Å². The Hall–Kier alpha value is -2.96. The predicted octanol–water partition coefficient (Wildman–Crippen LogP) is 2.24. The molecule has 1 amide bonds. The summed E-state index contributed by atoms with van der Waals surface area (Å²) in [4.78, 5) is 26.7. The number of nitrogens with zero attached hydrogens (tertiary/aromatic N) is 2. The van der Waals surface area contributed by atoms with E-state index in [0.717, 1.165) is 5.56 Å². The first kappa shape index (κ1) is 15.4. The molecule has 0 radical (unpaired) electrons. The Morgan fingerprint density at radius 2 is 2.14 bits per heavy atom. The van der Waals surface area contributed by atoms with Gasteiger partial charge in [0.05, 0.1) is 12.0 Å². The van der Waals surface area contributed by atoms with Gasteiger partial charge in [-0.05, 0) is 19.1 Å². The van der Waals surface area contributed by atoms with Crippen LogP contribution >= 0.6 is 0 Å². The van der Waals surface area contributed by atoms with Gasteiger partial charge in [-0.3, -0.25) is 14.9 Å². The Morgan fingerprint density at radius 1 is 1.36 bits per heavy atom. The van der Waals surface area contributed by atoms with Crippen molar-refractivity contribution in [1.29, 1.82) is 0 Å². The van der Waals surface area contributed by atoms with E-state index in [1.807, 2.05) is 0 Å². The van der Waals surface area contributed by atoms with Crippen molar-refractivity contribution in [2.24, 2.45) is 0 Å². The molecule has 0 bridgehead atoms. The van der Waals surface area contributed by atoms with Crippen LogP contribution in [0.3, 0.4) is 0 Å². The molecule has 0 aliphatic rings. The highest BCUT2D eigenvalue weighted by molar-refractivity contribution is 5.96. The Kier molecular flexibility index (Phi) is 4.67. The van der Waals surface area contributed by atoms with Gasteiger partial charge >= 0.3 is 0 Å². The number of methoxy groups -OCH3 is 1. The Labute approximate surface area is 127 Å². The molecule has 114 valence electrons. The van der Waals surface area contributed by atoms with E-state index in [9.17, 15) is 14.9 Å². The molecule has 7 heteroatoms. The number of rotatable bonds is 5. The highest BCUT2D eigenvalue weighted by atomic mass is 16.6. The van der Waals surface area contributed by atoms with Crippen LogP contribution in [0.25, 0.3) is 0 Å². The van der Waals surface area contributed by atoms with Gasteiger partial charge in [-0.1, -0.05) is 12.1 Å². The number of hydrogen-bond acceptors (Lipinski definition) is 5. The van der Waals surface area contributed by atoms with Crippen molar-refractivity contribution in [2.45, 2.75) is 13.5 Å². The number of ether oxygens (including phenoxy) is 1. The zero-order valence-electron chi connectivity index (χ0n) is 12.2. The second-order valence-electron chi connectivity index (χ2n) is 4.56. The summed E-state index contributed by atoms with van der Waals surface area (Å²) in [5, 5.41) is 13.6. The number of nitro groups is 1. The molecule has 0 saturated carbocycles. The molecule has 0 unspecified atom stereocenters. The van der Waals surface area contributed by atoms with Crippen molar-refractivity contribution in [1.82, 2.24) is 10.3 Å². The lowest BCUT2D eigenvalue weighted by Crippen LogP contribution is -2.24. The van der Waals surface area contributed by atoms with Crippen LogP contribution in [0.4, 0.5) is 5.69 Å². The van der Waals surface area contributed by atoms with E-state index in [4.69, 9.17) is 4.74 Å². The summed E-state index contributed by atoms with van der Waals surface area (Å²) < 4.78 is 5.11. The van der Waals surface area contributed by atoms with Gasteiger partial charge in [0.15, 0.2) is 0 Å². The molecular weight excluding hydrogens is 286 g/mol. The van der Waals surface area contributed by atoms with Gasteiger partial charge in [-0.25, -0.2) is 4.98 Å². The largest absolute Gasteiger partial charge is 0.481 e. The summed E-state index contributed by atoms with van der Waals surface area (Å²) >= 11 is 0. The van der Waals surface area contributed by atoms with Gasteiger partial charge in [-0.15, -0.1) is 0 Å². The number of aromatic nitrogens is 1. The fourth-order valence-electron chi connectivity index (χ4n) is 2.08. The van der Waals surface area contributed by atoms with Gasteiger partial charge in [0.2, 0.25) is 5.88 Å². The molecule has 22 heavy (non-hydrogen) atoms. The topological polar surface area (TPSA) is 94.4 Å². The van der Waals surface area contributed by atoms with Crippen LogP contribution in [0.1, 0.15) is 21.5 Å². The van der Waals surface area contributed by atoms with E-state index in [2.05, 4.69) is 10.3 Å². The molecule has 1 aromatic carbocycles. The van der Waals surface area contributed by atoms with Gasteiger partial charge in [0.1, 0.15) is 0 Å². The third-order valence-corrected chi connectivity index (χ3v) is 3.23. The monoisotopic (exact) mass is 301 g/mol. The minimum atomic E-state index is -0.504. The van der Waals surface area contributed by atoms with Crippen LogP contribution in [0.15, 0.2) is 36.5 Å². The standard InChI is InChI=1S/C15H15N3O4/c1-10-12(6-3-7-13(10)18(20)21)14(19)17-9-11-5-4-8-16-15(11)22-2/h3-8H,9H2,1-2H3,(H,17,19). The second-order valence-corrected chi connectivity index (χ2v) is 4.56. The average molecular weight is 301 g/mol. The molecule has 1 N–H and O–H groups in total.